The molecule has 4 nitrogen and oxygen atoms in total. The van der Waals surface area contributed by atoms with Crippen LogP contribution in [0, 0.1) is 13.8 Å². The molecule has 2 rings (SSSR count). The van der Waals surface area contributed by atoms with E-state index in [0.717, 1.165) is 5.69 Å². The molecule has 0 atom stereocenters. The Morgan fingerprint density at radius 3 is 2.30 bits per heavy atom. The Balaban J connectivity index is 2.47. The summed E-state index contributed by atoms with van der Waals surface area (Å²) in [7, 11) is 3.11. The van der Waals surface area contributed by atoms with Crippen molar-refractivity contribution in [2.45, 2.75) is 13.8 Å². The molecule has 0 radical (unpaired) electrons. The quantitative estimate of drug-likeness (QED) is 0.802. The van der Waals surface area contributed by atoms with E-state index < -0.39 is 0 Å². The van der Waals surface area contributed by atoms with E-state index in [1.807, 2.05) is 19.9 Å². The van der Waals surface area contributed by atoms with Gasteiger partial charge >= 0.3 is 0 Å². The van der Waals surface area contributed by atoms with E-state index >= 15 is 0 Å². The molecule has 0 N–H and O–H groups in total. The monoisotopic (exact) mass is 271 g/mol. The Morgan fingerprint density at radius 1 is 1.00 bits per heavy atom. The molecule has 0 spiro atoms. The molecule has 0 aliphatic carbocycles. The van der Waals surface area contributed by atoms with E-state index in [1.165, 1.54) is 7.11 Å². The number of carbonyl (C=O) groups excluding carboxylic acids is 1. The van der Waals surface area contributed by atoms with Crippen molar-refractivity contribution in [1.82, 2.24) is 4.98 Å². The van der Waals surface area contributed by atoms with E-state index in [4.69, 9.17) is 9.47 Å². The zero-order valence-electron chi connectivity index (χ0n) is 12.1. The van der Waals surface area contributed by atoms with Crippen LogP contribution >= 0.6 is 0 Å². The lowest BCUT2D eigenvalue weighted by Crippen LogP contribution is -2.07. The molecule has 1 heterocycles. The van der Waals surface area contributed by atoms with E-state index in [-0.39, 0.29) is 5.78 Å². The van der Waals surface area contributed by atoms with Crippen molar-refractivity contribution in [3.05, 3.63) is 52.8 Å². The van der Waals surface area contributed by atoms with Gasteiger partial charge in [0.25, 0.3) is 0 Å². The third-order valence-corrected chi connectivity index (χ3v) is 3.12. The second-order valence-electron chi connectivity index (χ2n) is 4.48. The largest absolute Gasteiger partial charge is 0.497 e. The van der Waals surface area contributed by atoms with Gasteiger partial charge in [-0.2, -0.15) is 0 Å². The maximum absolute atomic E-state index is 12.6. The minimum absolute atomic E-state index is 0.102. The number of methoxy groups -OCH3 is 2. The van der Waals surface area contributed by atoms with Crippen molar-refractivity contribution in [3.63, 3.8) is 0 Å². The predicted molar refractivity (Wildman–Crippen MR) is 76.7 cm³/mol. The van der Waals surface area contributed by atoms with Crippen LogP contribution in [0.25, 0.3) is 0 Å². The molecular weight excluding hydrogens is 254 g/mol. The molecule has 0 aliphatic heterocycles. The third-order valence-electron chi connectivity index (χ3n) is 3.12. The molecule has 4 heteroatoms. The van der Waals surface area contributed by atoms with Crippen molar-refractivity contribution in [2.24, 2.45) is 0 Å². The van der Waals surface area contributed by atoms with E-state index in [1.54, 1.807) is 31.4 Å². The highest BCUT2D eigenvalue weighted by molar-refractivity contribution is 6.11. The molecule has 20 heavy (non-hydrogen) atoms. The Labute approximate surface area is 118 Å². The number of pyridine rings is 1. The molecule has 0 saturated carbocycles. The van der Waals surface area contributed by atoms with Crippen LogP contribution in [0.4, 0.5) is 0 Å². The number of ether oxygens (including phenoxy) is 2. The van der Waals surface area contributed by atoms with Gasteiger partial charge in [-0.05, 0) is 38.1 Å². The molecular formula is C16H17NO3. The van der Waals surface area contributed by atoms with Crippen LogP contribution in [0.15, 0.2) is 30.3 Å². The van der Waals surface area contributed by atoms with Crippen LogP contribution in [0.1, 0.15) is 27.3 Å². The van der Waals surface area contributed by atoms with E-state index in [9.17, 15) is 4.79 Å². The first kappa shape index (κ1) is 14.1. The Hall–Kier alpha value is -2.36. The number of hydrogen-bond donors (Lipinski definition) is 0. The molecule has 0 aliphatic rings. The molecule has 0 fully saturated rings. The molecule has 1 aromatic carbocycles. The average molecular weight is 271 g/mol. The van der Waals surface area contributed by atoms with Crippen molar-refractivity contribution < 1.29 is 14.3 Å². The predicted octanol–water partition coefficient (Wildman–Crippen LogP) is 2.95. The van der Waals surface area contributed by atoms with Crippen molar-refractivity contribution in [3.8, 4) is 11.5 Å². The lowest BCUT2D eigenvalue weighted by atomic mass is 10.0. The van der Waals surface area contributed by atoms with E-state index in [0.29, 0.717) is 28.3 Å². The third kappa shape index (κ3) is 2.64. The van der Waals surface area contributed by atoms with Crippen LogP contribution in [-0.2, 0) is 0 Å². The summed E-state index contributed by atoms with van der Waals surface area (Å²) < 4.78 is 10.4. The maximum Gasteiger partial charge on any atom is 0.198 e. The van der Waals surface area contributed by atoms with Crippen molar-refractivity contribution in [2.75, 3.05) is 14.2 Å². The van der Waals surface area contributed by atoms with Crippen LogP contribution in [0.5, 0.6) is 11.5 Å². The minimum Gasteiger partial charge on any atom is -0.497 e. The molecule has 104 valence electrons. The smallest absolute Gasteiger partial charge is 0.198 e. The fourth-order valence-electron chi connectivity index (χ4n) is 2.06. The minimum atomic E-state index is -0.102. The number of ketones is 1. The summed E-state index contributed by atoms with van der Waals surface area (Å²) >= 11 is 0. The van der Waals surface area contributed by atoms with Gasteiger partial charge in [-0.15, -0.1) is 0 Å². The zero-order valence-corrected chi connectivity index (χ0v) is 12.1. The summed E-state index contributed by atoms with van der Waals surface area (Å²) in [5.41, 5.74) is 2.69. The summed E-state index contributed by atoms with van der Waals surface area (Å²) in [6.45, 7) is 3.73. The summed E-state index contributed by atoms with van der Waals surface area (Å²) in [5.74, 6) is 1.04. The summed E-state index contributed by atoms with van der Waals surface area (Å²) in [4.78, 5) is 16.9. The van der Waals surface area contributed by atoms with Crippen LogP contribution < -0.4 is 9.47 Å². The molecule has 2 aromatic rings. The topological polar surface area (TPSA) is 48.4 Å². The van der Waals surface area contributed by atoms with Gasteiger partial charge in [-0.25, -0.2) is 0 Å². The number of aromatic nitrogens is 1. The maximum atomic E-state index is 12.6. The van der Waals surface area contributed by atoms with Gasteiger partial charge in [-0.3, -0.25) is 9.78 Å². The summed E-state index contributed by atoms with van der Waals surface area (Å²) in [5, 5.41) is 0. The second-order valence-corrected chi connectivity index (χ2v) is 4.48. The van der Waals surface area contributed by atoms with Gasteiger partial charge in [0.15, 0.2) is 5.78 Å². The van der Waals surface area contributed by atoms with Crippen molar-refractivity contribution in [1.29, 1.82) is 0 Å². The molecule has 0 saturated heterocycles. The van der Waals surface area contributed by atoms with Gasteiger partial charge in [0.2, 0.25) is 0 Å². The average Bonchev–Trinajstić information content (AvgIpc) is 2.46. The fraction of sp³-hybridized carbons (Fsp3) is 0.250. The fourth-order valence-corrected chi connectivity index (χ4v) is 2.06. The van der Waals surface area contributed by atoms with Crippen LogP contribution in [0.2, 0.25) is 0 Å². The van der Waals surface area contributed by atoms with Crippen LogP contribution in [-0.4, -0.2) is 25.0 Å². The molecule has 0 amide bonds. The first-order chi connectivity index (χ1) is 9.56. The number of hydrogen-bond acceptors (Lipinski definition) is 4. The number of nitrogens with zero attached hydrogens (tertiary/aromatic N) is 1. The standard InChI is InChI=1S/C16H17NO3/c1-10-5-7-13(11(2)17-10)16(18)14-8-6-12(19-3)9-15(14)20-4/h5-9H,1-4H3. The second kappa shape index (κ2) is 5.74. The molecule has 0 unspecified atom stereocenters. The first-order valence-electron chi connectivity index (χ1n) is 6.27. The number of aryl methyl sites for hydroxylation is 2. The van der Waals surface area contributed by atoms with Crippen LogP contribution in [0.3, 0.4) is 0 Å². The van der Waals surface area contributed by atoms with Gasteiger partial charge in [0.1, 0.15) is 11.5 Å². The Kier molecular flexibility index (Phi) is 4.03. The number of benzene rings is 1. The number of carbonyl (C=O) groups is 1. The van der Waals surface area contributed by atoms with Gasteiger partial charge in [0.05, 0.1) is 19.8 Å². The molecule has 1 aromatic heterocycles. The van der Waals surface area contributed by atoms with Gasteiger partial charge < -0.3 is 9.47 Å². The number of rotatable bonds is 4. The van der Waals surface area contributed by atoms with Crippen molar-refractivity contribution >= 4 is 5.78 Å². The van der Waals surface area contributed by atoms with Gasteiger partial charge in [-0.1, -0.05) is 0 Å². The lowest BCUT2D eigenvalue weighted by molar-refractivity contribution is 0.103. The first-order valence-corrected chi connectivity index (χ1v) is 6.27. The van der Waals surface area contributed by atoms with Gasteiger partial charge in [0, 0.05) is 23.0 Å². The summed E-state index contributed by atoms with van der Waals surface area (Å²) in [6, 6.07) is 8.77. The normalized spacial score (nSPS) is 10.2. The molecule has 0 bridgehead atoms. The lowest BCUT2D eigenvalue weighted by Gasteiger charge is -2.11. The highest BCUT2D eigenvalue weighted by atomic mass is 16.5. The Bertz CT molecular complexity index is 650. The highest BCUT2D eigenvalue weighted by Crippen LogP contribution is 2.27. The van der Waals surface area contributed by atoms with E-state index in [2.05, 4.69) is 4.98 Å². The SMILES string of the molecule is COc1ccc(C(=O)c2ccc(C)nc2C)c(OC)c1. The zero-order chi connectivity index (χ0) is 14.7. The highest BCUT2D eigenvalue weighted by Gasteiger charge is 2.17. The Morgan fingerprint density at radius 2 is 1.70 bits per heavy atom. The summed E-state index contributed by atoms with van der Waals surface area (Å²) in [6.07, 6.45) is 0.